The second-order valence-electron chi connectivity index (χ2n) is 5.44. The number of nitrogens with two attached hydrogens (primary N) is 1. The molecule has 2 N–H and O–H groups in total. The molecule has 0 bridgehead atoms. The van der Waals surface area contributed by atoms with Crippen molar-refractivity contribution in [2.24, 2.45) is 10.7 Å². The fourth-order valence-corrected chi connectivity index (χ4v) is 2.25. The van der Waals surface area contributed by atoms with E-state index in [4.69, 9.17) is 5.73 Å². The number of para-hydroxylation sites is 1. The Morgan fingerprint density at radius 2 is 1.80 bits per heavy atom. The molecule has 1 saturated heterocycles. The maximum Gasteiger partial charge on any atom is 0.196 e. The molecule has 0 atom stereocenters. The Balaban J connectivity index is 1.83. The van der Waals surface area contributed by atoms with Crippen LogP contribution in [-0.4, -0.2) is 74.0 Å². The van der Waals surface area contributed by atoms with Gasteiger partial charge >= 0.3 is 0 Å². The number of benzene rings is 1. The van der Waals surface area contributed by atoms with E-state index in [2.05, 4.69) is 33.8 Å². The highest BCUT2D eigenvalue weighted by molar-refractivity contribution is 5.81. The van der Waals surface area contributed by atoms with Crippen LogP contribution in [0.5, 0.6) is 0 Å². The number of rotatable bonds is 4. The molecule has 0 radical (unpaired) electrons. The second kappa shape index (κ2) is 7.26. The first-order chi connectivity index (χ1) is 9.65. The molecule has 0 saturated carbocycles. The van der Waals surface area contributed by atoms with Crippen molar-refractivity contribution in [1.82, 2.24) is 14.7 Å². The summed E-state index contributed by atoms with van der Waals surface area (Å²) < 4.78 is 0. The average Bonchev–Trinajstić information content (AvgIpc) is 2.46. The molecule has 2 rings (SSSR count). The topological polar surface area (TPSA) is 48.1 Å². The van der Waals surface area contributed by atoms with Gasteiger partial charge in [-0.25, -0.2) is 4.99 Å². The summed E-state index contributed by atoms with van der Waals surface area (Å²) >= 11 is 0. The van der Waals surface area contributed by atoms with Crippen LogP contribution in [0.15, 0.2) is 35.3 Å². The smallest absolute Gasteiger partial charge is 0.196 e. The maximum atomic E-state index is 6.10. The molecule has 1 aromatic rings. The summed E-state index contributed by atoms with van der Waals surface area (Å²) in [6, 6.07) is 9.88. The van der Waals surface area contributed by atoms with E-state index in [1.165, 1.54) is 0 Å². The largest absolute Gasteiger partial charge is 0.369 e. The van der Waals surface area contributed by atoms with Crippen LogP contribution in [-0.2, 0) is 0 Å². The normalized spacial score (nSPS) is 17.8. The number of likely N-dealkylation sites (N-methyl/N-ethyl adjacent to an activating group) is 1. The third-order valence-corrected chi connectivity index (χ3v) is 3.56. The van der Waals surface area contributed by atoms with Gasteiger partial charge in [-0.1, -0.05) is 18.2 Å². The van der Waals surface area contributed by atoms with Crippen molar-refractivity contribution in [3.8, 4) is 0 Å². The Bertz CT molecular complexity index is 421. The van der Waals surface area contributed by atoms with E-state index < -0.39 is 0 Å². The molecular weight excluding hydrogens is 250 g/mol. The van der Waals surface area contributed by atoms with E-state index >= 15 is 0 Å². The summed E-state index contributed by atoms with van der Waals surface area (Å²) in [5.74, 6) is 0.628. The van der Waals surface area contributed by atoms with Gasteiger partial charge in [0.15, 0.2) is 5.96 Å². The lowest BCUT2D eigenvalue weighted by atomic mass is 10.3. The van der Waals surface area contributed by atoms with Gasteiger partial charge < -0.3 is 15.5 Å². The van der Waals surface area contributed by atoms with E-state index in [1.54, 1.807) is 0 Å². The van der Waals surface area contributed by atoms with Crippen molar-refractivity contribution in [2.75, 3.05) is 53.4 Å². The molecule has 1 heterocycles. The van der Waals surface area contributed by atoms with Crippen LogP contribution in [0.25, 0.3) is 0 Å². The van der Waals surface area contributed by atoms with Gasteiger partial charge in [0, 0.05) is 39.3 Å². The number of piperazine rings is 1. The molecule has 110 valence electrons. The third-order valence-electron chi connectivity index (χ3n) is 3.56. The lowest BCUT2D eigenvalue weighted by molar-refractivity contribution is 0.168. The highest BCUT2D eigenvalue weighted by Crippen LogP contribution is 2.11. The number of nitrogens with zero attached hydrogens (tertiary/aromatic N) is 4. The van der Waals surface area contributed by atoms with Crippen molar-refractivity contribution in [3.63, 3.8) is 0 Å². The maximum absolute atomic E-state index is 6.10. The minimum absolute atomic E-state index is 0.628. The predicted octanol–water partition coefficient (Wildman–Crippen LogP) is 0.812. The van der Waals surface area contributed by atoms with Crippen LogP contribution in [0.2, 0.25) is 0 Å². The Hall–Kier alpha value is -1.59. The van der Waals surface area contributed by atoms with Crippen LogP contribution in [0, 0.1) is 0 Å². The number of aliphatic imine (C=N–C) groups is 1. The zero-order valence-electron chi connectivity index (χ0n) is 12.5. The minimum atomic E-state index is 0.628. The van der Waals surface area contributed by atoms with Crippen LogP contribution < -0.4 is 5.73 Å². The number of guanidine groups is 1. The van der Waals surface area contributed by atoms with Crippen molar-refractivity contribution < 1.29 is 0 Å². The Morgan fingerprint density at radius 1 is 1.15 bits per heavy atom. The predicted molar refractivity (Wildman–Crippen MR) is 84.3 cm³/mol. The fourth-order valence-electron chi connectivity index (χ4n) is 2.25. The van der Waals surface area contributed by atoms with Crippen molar-refractivity contribution in [1.29, 1.82) is 0 Å². The summed E-state index contributed by atoms with van der Waals surface area (Å²) in [6.07, 6.45) is 0. The van der Waals surface area contributed by atoms with Gasteiger partial charge in [0.05, 0.1) is 5.69 Å². The van der Waals surface area contributed by atoms with Crippen molar-refractivity contribution in [3.05, 3.63) is 30.3 Å². The summed E-state index contributed by atoms with van der Waals surface area (Å²) in [4.78, 5) is 11.3. The lowest BCUT2D eigenvalue weighted by Crippen LogP contribution is -2.52. The molecule has 0 amide bonds. The number of hydrogen-bond acceptors (Lipinski definition) is 3. The molecule has 0 aliphatic carbocycles. The monoisotopic (exact) mass is 275 g/mol. The molecule has 1 aliphatic heterocycles. The first-order valence-electron chi connectivity index (χ1n) is 7.16. The molecule has 0 spiro atoms. The van der Waals surface area contributed by atoms with Crippen LogP contribution in [0.4, 0.5) is 5.69 Å². The Kier molecular flexibility index (Phi) is 5.38. The van der Waals surface area contributed by atoms with Crippen LogP contribution in [0.3, 0.4) is 0 Å². The lowest BCUT2D eigenvalue weighted by Gasteiger charge is -2.35. The van der Waals surface area contributed by atoms with Gasteiger partial charge in [-0.15, -0.1) is 0 Å². The average molecular weight is 275 g/mol. The standard InChI is InChI=1S/C15H25N5/c1-18(2)8-9-19-10-12-20(13-11-19)15(16)17-14-6-4-3-5-7-14/h3-7H,8-13H2,1-2H3,(H2,16,17). The van der Waals surface area contributed by atoms with E-state index in [0.717, 1.165) is 45.0 Å². The zero-order chi connectivity index (χ0) is 14.4. The molecular formula is C15H25N5. The Morgan fingerprint density at radius 3 is 2.40 bits per heavy atom. The third kappa shape index (κ3) is 4.51. The highest BCUT2D eigenvalue weighted by Gasteiger charge is 2.17. The summed E-state index contributed by atoms with van der Waals surface area (Å²) in [5.41, 5.74) is 7.01. The second-order valence-corrected chi connectivity index (χ2v) is 5.44. The summed E-state index contributed by atoms with van der Waals surface area (Å²) in [6.45, 7) is 6.24. The molecule has 0 aromatic heterocycles. The minimum Gasteiger partial charge on any atom is -0.369 e. The molecule has 0 unspecified atom stereocenters. The zero-order valence-corrected chi connectivity index (χ0v) is 12.5. The van der Waals surface area contributed by atoms with Crippen molar-refractivity contribution >= 4 is 11.6 Å². The van der Waals surface area contributed by atoms with Crippen LogP contribution >= 0.6 is 0 Å². The first kappa shape index (κ1) is 14.8. The Labute approximate surface area is 121 Å². The van der Waals surface area contributed by atoms with Crippen LogP contribution in [0.1, 0.15) is 0 Å². The quantitative estimate of drug-likeness (QED) is 0.652. The first-order valence-corrected chi connectivity index (χ1v) is 7.16. The van der Waals surface area contributed by atoms with E-state index in [0.29, 0.717) is 5.96 Å². The molecule has 20 heavy (non-hydrogen) atoms. The van der Waals surface area contributed by atoms with Gasteiger partial charge in [-0.2, -0.15) is 0 Å². The highest BCUT2D eigenvalue weighted by atomic mass is 15.3. The van der Waals surface area contributed by atoms with E-state index in [9.17, 15) is 0 Å². The SMILES string of the molecule is CN(C)CCN1CCN(C(N)=Nc2ccccc2)CC1. The summed E-state index contributed by atoms with van der Waals surface area (Å²) in [7, 11) is 4.22. The molecule has 5 nitrogen and oxygen atoms in total. The van der Waals surface area contributed by atoms with Gasteiger partial charge in [0.1, 0.15) is 0 Å². The van der Waals surface area contributed by atoms with Gasteiger partial charge in [0.25, 0.3) is 0 Å². The molecule has 1 fully saturated rings. The van der Waals surface area contributed by atoms with Gasteiger partial charge in [-0.05, 0) is 26.2 Å². The van der Waals surface area contributed by atoms with Crippen molar-refractivity contribution in [2.45, 2.75) is 0 Å². The fraction of sp³-hybridized carbons (Fsp3) is 0.533. The summed E-state index contributed by atoms with van der Waals surface area (Å²) in [5, 5.41) is 0. The van der Waals surface area contributed by atoms with Gasteiger partial charge in [-0.3, -0.25) is 4.90 Å². The van der Waals surface area contributed by atoms with Gasteiger partial charge in [0.2, 0.25) is 0 Å². The van der Waals surface area contributed by atoms with E-state index in [-0.39, 0.29) is 0 Å². The molecule has 1 aliphatic rings. The number of hydrogen-bond donors (Lipinski definition) is 1. The van der Waals surface area contributed by atoms with E-state index in [1.807, 2.05) is 30.3 Å². The molecule has 1 aromatic carbocycles. The molecule has 5 heteroatoms.